The van der Waals surface area contributed by atoms with E-state index in [1.165, 1.54) is 115 Å². The number of hydrogen-bond acceptors (Lipinski definition) is 1. The maximum absolute atomic E-state index is 2.52. The highest BCUT2D eigenvalue weighted by Crippen LogP contribution is 2.49. The van der Waals surface area contributed by atoms with Gasteiger partial charge in [0.15, 0.2) is 0 Å². The van der Waals surface area contributed by atoms with Crippen molar-refractivity contribution in [3.05, 3.63) is 242 Å². The SMILES string of the molecule is c1ccc(-c2ccc(-c3ccc(N(c4ccccc4-c4cccc5cccc(C6CCCCC6)c45)c4ccccc4-c4cccc5c6ccccc6n(-c6ccccc6)c45)cc3)cc2)cc1. The van der Waals surface area contributed by atoms with Gasteiger partial charge in [-0.3, -0.25) is 0 Å². The fourth-order valence-corrected chi connectivity index (χ4v) is 10.9. The number of nitrogens with zero attached hydrogens (tertiary/aromatic N) is 2. The zero-order chi connectivity index (χ0) is 43.8. The lowest BCUT2D eigenvalue weighted by Crippen LogP contribution is -2.13. The summed E-state index contributed by atoms with van der Waals surface area (Å²) in [5.74, 6) is 0.568. The molecule has 1 fully saturated rings. The maximum atomic E-state index is 2.52. The van der Waals surface area contributed by atoms with Gasteiger partial charge >= 0.3 is 0 Å². The van der Waals surface area contributed by atoms with Gasteiger partial charge in [0.1, 0.15) is 0 Å². The van der Waals surface area contributed by atoms with Crippen LogP contribution in [0.3, 0.4) is 0 Å². The molecule has 1 heterocycles. The van der Waals surface area contributed by atoms with E-state index in [0.29, 0.717) is 5.92 Å². The van der Waals surface area contributed by atoms with Crippen molar-refractivity contribution in [3.63, 3.8) is 0 Å². The molecule has 0 radical (unpaired) electrons. The van der Waals surface area contributed by atoms with Crippen molar-refractivity contribution >= 4 is 49.6 Å². The van der Waals surface area contributed by atoms with E-state index in [-0.39, 0.29) is 0 Å². The van der Waals surface area contributed by atoms with Crippen LogP contribution in [0.4, 0.5) is 17.1 Å². The van der Waals surface area contributed by atoms with Crippen LogP contribution in [0.5, 0.6) is 0 Å². The van der Waals surface area contributed by atoms with Gasteiger partial charge in [-0.2, -0.15) is 0 Å². The molecule has 0 N–H and O–H groups in total. The number of rotatable bonds is 9. The van der Waals surface area contributed by atoms with Crippen LogP contribution in [0, 0.1) is 0 Å². The van der Waals surface area contributed by atoms with Crippen LogP contribution in [-0.4, -0.2) is 4.57 Å². The molecular weight excluding hydrogens is 797 g/mol. The van der Waals surface area contributed by atoms with E-state index in [0.717, 1.165) is 22.7 Å². The Morgan fingerprint density at radius 2 is 0.864 bits per heavy atom. The monoisotopic (exact) mass is 846 g/mol. The molecule has 0 spiro atoms. The number of para-hydroxylation sites is 5. The molecule has 1 aliphatic carbocycles. The number of fused-ring (bicyclic) bond motifs is 4. The third-order valence-electron chi connectivity index (χ3n) is 14.0. The maximum Gasteiger partial charge on any atom is 0.0620 e. The van der Waals surface area contributed by atoms with Crippen LogP contribution in [0.1, 0.15) is 43.6 Å². The normalized spacial score (nSPS) is 13.1. The highest BCUT2D eigenvalue weighted by atomic mass is 15.1. The third kappa shape index (κ3) is 7.07. The topological polar surface area (TPSA) is 8.17 Å². The van der Waals surface area contributed by atoms with Crippen molar-refractivity contribution in [2.45, 2.75) is 38.0 Å². The van der Waals surface area contributed by atoms with Gasteiger partial charge in [-0.15, -0.1) is 0 Å². The average molecular weight is 847 g/mol. The van der Waals surface area contributed by atoms with Gasteiger partial charge in [-0.25, -0.2) is 0 Å². The fraction of sp³-hybridized carbons (Fsp3) is 0.0938. The lowest BCUT2D eigenvalue weighted by Gasteiger charge is -2.31. The van der Waals surface area contributed by atoms with Crippen molar-refractivity contribution in [2.24, 2.45) is 0 Å². The molecule has 12 rings (SSSR count). The highest BCUT2D eigenvalue weighted by molar-refractivity contribution is 6.15. The molecule has 0 unspecified atom stereocenters. The molecule has 10 aromatic carbocycles. The first-order valence-electron chi connectivity index (χ1n) is 23.6. The molecule has 0 bridgehead atoms. The van der Waals surface area contributed by atoms with Crippen molar-refractivity contribution in [3.8, 4) is 50.2 Å². The van der Waals surface area contributed by atoms with Crippen molar-refractivity contribution in [1.82, 2.24) is 4.57 Å². The summed E-state index contributed by atoms with van der Waals surface area (Å²) in [6.07, 6.45) is 6.44. The van der Waals surface area contributed by atoms with E-state index < -0.39 is 0 Å². The zero-order valence-corrected chi connectivity index (χ0v) is 37.0. The Morgan fingerprint density at radius 3 is 1.56 bits per heavy atom. The molecule has 2 nitrogen and oxygen atoms in total. The predicted molar refractivity (Wildman–Crippen MR) is 281 cm³/mol. The van der Waals surface area contributed by atoms with Crippen molar-refractivity contribution < 1.29 is 0 Å². The van der Waals surface area contributed by atoms with E-state index in [1.54, 1.807) is 0 Å². The Bertz CT molecular complexity index is 3480. The van der Waals surface area contributed by atoms with Crippen molar-refractivity contribution in [1.29, 1.82) is 0 Å². The summed E-state index contributed by atoms with van der Waals surface area (Å²) in [6, 6.07) is 87.3. The Morgan fingerprint density at radius 1 is 0.364 bits per heavy atom. The second-order valence-corrected chi connectivity index (χ2v) is 17.8. The summed E-state index contributed by atoms with van der Waals surface area (Å²) in [4.78, 5) is 2.52. The quantitative estimate of drug-likeness (QED) is 0.140. The average Bonchev–Trinajstić information content (AvgIpc) is 3.74. The van der Waals surface area contributed by atoms with Crippen LogP contribution in [0.15, 0.2) is 237 Å². The summed E-state index contributed by atoms with van der Waals surface area (Å²) in [5, 5.41) is 5.18. The third-order valence-corrected chi connectivity index (χ3v) is 14.0. The Labute approximate surface area is 387 Å². The second kappa shape index (κ2) is 17.2. The van der Waals surface area contributed by atoms with Gasteiger partial charge in [0.25, 0.3) is 0 Å². The largest absolute Gasteiger partial charge is 0.309 e. The van der Waals surface area contributed by atoms with E-state index in [4.69, 9.17) is 0 Å². The first-order chi connectivity index (χ1) is 32.8. The first kappa shape index (κ1) is 39.6. The molecule has 0 amide bonds. The van der Waals surface area contributed by atoms with E-state index in [1.807, 2.05) is 0 Å². The number of anilines is 3. The minimum Gasteiger partial charge on any atom is -0.309 e. The summed E-state index contributed by atoms with van der Waals surface area (Å²) in [6.45, 7) is 0. The Balaban J connectivity index is 1.07. The van der Waals surface area contributed by atoms with E-state index in [2.05, 4.69) is 246 Å². The molecule has 2 heteroatoms. The van der Waals surface area contributed by atoms with Gasteiger partial charge in [-0.05, 0) is 105 Å². The highest BCUT2D eigenvalue weighted by Gasteiger charge is 2.25. The summed E-state index contributed by atoms with van der Waals surface area (Å²) in [5.41, 5.74) is 18.1. The molecule has 11 aromatic rings. The van der Waals surface area contributed by atoms with Crippen molar-refractivity contribution in [2.75, 3.05) is 4.90 Å². The lowest BCUT2D eigenvalue weighted by molar-refractivity contribution is 0.445. The molecule has 1 aliphatic rings. The second-order valence-electron chi connectivity index (χ2n) is 17.8. The molecule has 0 aliphatic heterocycles. The van der Waals surface area contributed by atoms with E-state index >= 15 is 0 Å². The molecule has 0 saturated heterocycles. The van der Waals surface area contributed by atoms with Gasteiger partial charge in [0.2, 0.25) is 0 Å². The Hall–Kier alpha value is -7.94. The van der Waals surface area contributed by atoms with Crippen LogP contribution in [0.2, 0.25) is 0 Å². The minimum atomic E-state index is 0.568. The lowest BCUT2D eigenvalue weighted by atomic mass is 9.80. The van der Waals surface area contributed by atoms with Gasteiger partial charge < -0.3 is 9.47 Å². The fourth-order valence-electron chi connectivity index (χ4n) is 10.9. The summed E-state index contributed by atoms with van der Waals surface area (Å²) in [7, 11) is 0. The minimum absolute atomic E-state index is 0.568. The smallest absolute Gasteiger partial charge is 0.0620 e. The molecule has 66 heavy (non-hydrogen) atoms. The molecule has 316 valence electrons. The van der Waals surface area contributed by atoms with Gasteiger partial charge in [0.05, 0.1) is 22.4 Å². The van der Waals surface area contributed by atoms with Gasteiger partial charge in [-0.1, -0.05) is 213 Å². The molecule has 1 saturated carbocycles. The number of benzene rings is 10. The van der Waals surface area contributed by atoms with Crippen LogP contribution in [0.25, 0.3) is 82.8 Å². The zero-order valence-electron chi connectivity index (χ0n) is 37.0. The van der Waals surface area contributed by atoms with E-state index in [9.17, 15) is 0 Å². The van der Waals surface area contributed by atoms with Gasteiger partial charge in [0, 0.05) is 38.8 Å². The Kier molecular flexibility index (Phi) is 10.3. The number of hydrogen-bond donors (Lipinski definition) is 0. The summed E-state index contributed by atoms with van der Waals surface area (Å²) >= 11 is 0. The molecular formula is C64H50N2. The predicted octanol–water partition coefficient (Wildman–Crippen LogP) is 18.1. The first-order valence-corrected chi connectivity index (χ1v) is 23.6. The standard InChI is InChI=1S/C64H50N2/c1-4-19-45(20-5-1)46-37-39-47(40-38-46)48-41-43-52(44-42-48)65(60-34-13-10-27-54(60)57-31-17-24-50-23-16-30-53(63(50)57)49-21-6-2-7-22-49)61-35-14-11-28-55(61)58-32-18-33-59-56-29-12-15-36-62(56)66(64(58)59)51-25-8-3-9-26-51/h1,3-5,8-20,23-44,49H,2,6-7,21-22H2. The van der Waals surface area contributed by atoms with Crippen LogP contribution >= 0.6 is 0 Å². The molecule has 0 atom stereocenters. The van der Waals surface area contributed by atoms with Crippen LogP contribution < -0.4 is 4.90 Å². The number of aromatic nitrogens is 1. The molecule has 1 aromatic heterocycles. The summed E-state index contributed by atoms with van der Waals surface area (Å²) < 4.78 is 2.45. The van der Waals surface area contributed by atoms with Crippen LogP contribution in [-0.2, 0) is 0 Å².